The number of sulfonamides is 1. The standard InChI is InChI=1S/C24H32N2O7S/c1-30-13-5-12-25-24(27)22-16-26(34(28,29)19-9-6-17(31-2)7-10-19)15-21(22)20-11-8-18(32-3)14-23(20)33-4/h6-11,14,21-22H,5,12-13,15-16H2,1-4H3,(H,25,27). The number of methoxy groups -OCH3 is 4. The second-order valence-corrected chi connectivity index (χ2v) is 9.89. The predicted octanol–water partition coefficient (Wildman–Crippen LogP) is 2.27. The molecule has 1 amide bonds. The Hall–Kier alpha value is -2.82. The van der Waals surface area contributed by atoms with Gasteiger partial charge in [0.25, 0.3) is 0 Å². The maximum absolute atomic E-state index is 13.4. The van der Waals surface area contributed by atoms with Crippen molar-refractivity contribution in [3.05, 3.63) is 48.0 Å². The Kier molecular flexibility index (Phi) is 8.76. The molecule has 0 bridgehead atoms. The van der Waals surface area contributed by atoms with Crippen LogP contribution in [0.4, 0.5) is 0 Å². The Labute approximate surface area is 201 Å². The highest BCUT2D eigenvalue weighted by Gasteiger charge is 2.44. The summed E-state index contributed by atoms with van der Waals surface area (Å²) in [5, 5.41) is 2.92. The molecule has 2 atom stereocenters. The van der Waals surface area contributed by atoms with Crippen molar-refractivity contribution in [2.75, 3.05) is 54.7 Å². The molecule has 3 rings (SSSR count). The van der Waals surface area contributed by atoms with Gasteiger partial charge in [0.15, 0.2) is 0 Å². The van der Waals surface area contributed by atoms with E-state index in [0.29, 0.717) is 36.8 Å². The second kappa shape index (κ2) is 11.5. The van der Waals surface area contributed by atoms with Crippen molar-refractivity contribution in [1.82, 2.24) is 9.62 Å². The Morgan fingerprint density at radius 2 is 1.65 bits per heavy atom. The molecule has 0 aromatic heterocycles. The van der Waals surface area contributed by atoms with Crippen LogP contribution in [0.25, 0.3) is 0 Å². The summed E-state index contributed by atoms with van der Waals surface area (Å²) in [4.78, 5) is 13.3. The number of benzene rings is 2. The third-order valence-corrected chi connectivity index (χ3v) is 7.83. The fourth-order valence-electron chi connectivity index (χ4n) is 4.13. The minimum atomic E-state index is -3.82. The first-order valence-corrected chi connectivity index (χ1v) is 12.4. The average Bonchev–Trinajstić information content (AvgIpc) is 3.32. The van der Waals surface area contributed by atoms with Gasteiger partial charge in [-0.3, -0.25) is 4.79 Å². The lowest BCUT2D eigenvalue weighted by Gasteiger charge is -2.21. The van der Waals surface area contributed by atoms with E-state index in [1.54, 1.807) is 45.6 Å². The van der Waals surface area contributed by atoms with Crippen LogP contribution in [0.3, 0.4) is 0 Å². The molecule has 9 nitrogen and oxygen atoms in total. The number of rotatable bonds is 11. The first-order chi connectivity index (χ1) is 16.3. The lowest BCUT2D eigenvalue weighted by molar-refractivity contribution is -0.124. The molecule has 2 aromatic rings. The first kappa shape index (κ1) is 25.8. The number of nitrogens with one attached hydrogen (secondary N) is 1. The molecule has 186 valence electrons. The van der Waals surface area contributed by atoms with Crippen LogP contribution in [-0.2, 0) is 19.6 Å². The highest BCUT2D eigenvalue weighted by Crippen LogP contribution is 2.41. The van der Waals surface area contributed by atoms with E-state index in [-0.39, 0.29) is 23.9 Å². The van der Waals surface area contributed by atoms with E-state index in [1.165, 1.54) is 23.5 Å². The number of hydrogen-bond donors (Lipinski definition) is 1. The lowest BCUT2D eigenvalue weighted by atomic mass is 9.87. The minimum Gasteiger partial charge on any atom is -0.497 e. The zero-order valence-corrected chi connectivity index (χ0v) is 20.8. The van der Waals surface area contributed by atoms with Crippen molar-refractivity contribution in [3.63, 3.8) is 0 Å². The molecule has 1 N–H and O–H groups in total. The maximum Gasteiger partial charge on any atom is 0.243 e. The number of nitrogens with zero attached hydrogens (tertiary/aromatic N) is 1. The summed E-state index contributed by atoms with van der Waals surface area (Å²) in [6.07, 6.45) is 0.666. The van der Waals surface area contributed by atoms with Gasteiger partial charge in [-0.05, 0) is 42.3 Å². The topological polar surface area (TPSA) is 103 Å². The van der Waals surface area contributed by atoms with E-state index >= 15 is 0 Å². The highest BCUT2D eigenvalue weighted by atomic mass is 32.2. The van der Waals surface area contributed by atoms with Crippen LogP contribution < -0.4 is 19.5 Å². The van der Waals surface area contributed by atoms with Gasteiger partial charge in [-0.1, -0.05) is 6.07 Å². The zero-order chi connectivity index (χ0) is 24.7. The van der Waals surface area contributed by atoms with Crippen molar-refractivity contribution in [2.24, 2.45) is 5.92 Å². The predicted molar refractivity (Wildman–Crippen MR) is 127 cm³/mol. The van der Waals surface area contributed by atoms with Crippen LogP contribution in [0, 0.1) is 5.92 Å². The number of ether oxygens (including phenoxy) is 4. The molecule has 0 aliphatic carbocycles. The lowest BCUT2D eigenvalue weighted by Crippen LogP contribution is -2.36. The van der Waals surface area contributed by atoms with Gasteiger partial charge in [-0.2, -0.15) is 4.31 Å². The highest BCUT2D eigenvalue weighted by molar-refractivity contribution is 7.89. The van der Waals surface area contributed by atoms with Gasteiger partial charge >= 0.3 is 0 Å². The van der Waals surface area contributed by atoms with Gasteiger partial charge in [0.2, 0.25) is 15.9 Å². The summed E-state index contributed by atoms with van der Waals surface area (Å²) in [7, 11) is 2.40. The van der Waals surface area contributed by atoms with E-state index < -0.39 is 21.9 Å². The molecule has 10 heteroatoms. The maximum atomic E-state index is 13.4. The van der Waals surface area contributed by atoms with Gasteiger partial charge in [-0.25, -0.2) is 8.42 Å². The van der Waals surface area contributed by atoms with Crippen molar-refractivity contribution in [3.8, 4) is 17.2 Å². The molecule has 1 aliphatic rings. The quantitative estimate of drug-likeness (QED) is 0.480. The minimum absolute atomic E-state index is 0.0598. The van der Waals surface area contributed by atoms with E-state index in [9.17, 15) is 13.2 Å². The van der Waals surface area contributed by atoms with Gasteiger partial charge in [0, 0.05) is 45.3 Å². The fourth-order valence-corrected chi connectivity index (χ4v) is 5.62. The fraction of sp³-hybridized carbons (Fsp3) is 0.458. The Bertz CT molecular complexity index is 1070. The van der Waals surface area contributed by atoms with Gasteiger partial charge < -0.3 is 24.3 Å². The largest absolute Gasteiger partial charge is 0.497 e. The molecule has 1 fully saturated rings. The van der Waals surface area contributed by atoms with Crippen LogP contribution in [0.15, 0.2) is 47.4 Å². The van der Waals surface area contributed by atoms with Gasteiger partial charge in [0.1, 0.15) is 17.2 Å². The van der Waals surface area contributed by atoms with E-state index in [0.717, 1.165) is 5.56 Å². The van der Waals surface area contributed by atoms with Gasteiger partial charge in [0.05, 0.1) is 32.1 Å². The summed E-state index contributed by atoms with van der Waals surface area (Å²) in [5.74, 6) is 0.544. The molecular weight excluding hydrogens is 460 g/mol. The molecule has 0 spiro atoms. The third-order valence-electron chi connectivity index (χ3n) is 5.98. The van der Waals surface area contributed by atoms with Crippen LogP contribution >= 0.6 is 0 Å². The Morgan fingerprint density at radius 1 is 0.971 bits per heavy atom. The molecule has 1 aliphatic heterocycles. The summed E-state index contributed by atoms with van der Waals surface area (Å²) in [6.45, 7) is 1.18. The van der Waals surface area contributed by atoms with Crippen LogP contribution in [-0.4, -0.2) is 73.3 Å². The van der Waals surface area contributed by atoms with Crippen molar-refractivity contribution < 1.29 is 32.2 Å². The first-order valence-electron chi connectivity index (χ1n) is 11.0. The Morgan fingerprint density at radius 3 is 2.26 bits per heavy atom. The van der Waals surface area contributed by atoms with Crippen molar-refractivity contribution >= 4 is 15.9 Å². The summed E-state index contributed by atoms with van der Waals surface area (Å²) >= 11 is 0. The normalized spacial score (nSPS) is 18.5. The number of hydrogen-bond acceptors (Lipinski definition) is 7. The SMILES string of the molecule is COCCCNC(=O)C1CN(S(=O)(=O)c2ccc(OC)cc2)CC1c1ccc(OC)cc1OC. The smallest absolute Gasteiger partial charge is 0.243 e. The van der Waals surface area contributed by atoms with E-state index in [4.69, 9.17) is 18.9 Å². The van der Waals surface area contributed by atoms with Crippen molar-refractivity contribution in [2.45, 2.75) is 17.2 Å². The molecule has 2 aromatic carbocycles. The Balaban J connectivity index is 1.92. The molecule has 0 saturated carbocycles. The molecule has 2 unspecified atom stereocenters. The van der Waals surface area contributed by atoms with Crippen molar-refractivity contribution in [1.29, 1.82) is 0 Å². The molecule has 0 radical (unpaired) electrons. The van der Waals surface area contributed by atoms with E-state index in [1.807, 2.05) is 6.07 Å². The number of carbonyl (C=O) groups excluding carboxylic acids is 1. The number of carbonyl (C=O) groups is 1. The van der Waals surface area contributed by atoms with E-state index in [2.05, 4.69) is 5.32 Å². The third kappa shape index (κ3) is 5.63. The van der Waals surface area contributed by atoms with Crippen LogP contribution in [0.5, 0.6) is 17.2 Å². The summed E-state index contributed by atoms with van der Waals surface area (Å²) in [5.41, 5.74) is 0.757. The molecular formula is C24H32N2O7S. The molecule has 1 saturated heterocycles. The molecule has 1 heterocycles. The zero-order valence-electron chi connectivity index (χ0n) is 19.9. The summed E-state index contributed by atoms with van der Waals surface area (Å²) in [6, 6.07) is 11.6. The monoisotopic (exact) mass is 492 g/mol. The van der Waals surface area contributed by atoms with Crippen LogP contribution in [0.1, 0.15) is 17.9 Å². The van der Waals surface area contributed by atoms with Crippen LogP contribution in [0.2, 0.25) is 0 Å². The number of amides is 1. The summed E-state index contributed by atoms with van der Waals surface area (Å²) < 4.78 is 49.2. The second-order valence-electron chi connectivity index (χ2n) is 7.96. The van der Waals surface area contributed by atoms with Gasteiger partial charge in [-0.15, -0.1) is 0 Å². The molecule has 34 heavy (non-hydrogen) atoms. The average molecular weight is 493 g/mol.